The van der Waals surface area contributed by atoms with Crippen molar-refractivity contribution in [2.45, 2.75) is 25.7 Å². The van der Waals surface area contributed by atoms with E-state index in [-0.39, 0.29) is 6.61 Å². The molecular weight excluding hydrogens is 280 g/mol. The molecule has 17 heavy (non-hydrogen) atoms. The van der Waals surface area contributed by atoms with Gasteiger partial charge in [-0.2, -0.15) is 0 Å². The standard InChI is InChI=1S/C12H16Cl3NO/c13-9-7-10(14)12(11(15)8-9)16-5-3-1-2-4-6-17/h7-8,16-17H,1-6H2. The number of aliphatic hydroxyl groups excluding tert-OH is 1. The number of unbranched alkanes of at least 4 members (excludes halogenated alkanes) is 3. The summed E-state index contributed by atoms with van der Waals surface area (Å²) in [5.74, 6) is 0. The van der Waals surface area contributed by atoms with Gasteiger partial charge in [-0.05, 0) is 25.0 Å². The minimum Gasteiger partial charge on any atom is -0.396 e. The molecule has 2 N–H and O–H groups in total. The van der Waals surface area contributed by atoms with E-state index in [1.54, 1.807) is 12.1 Å². The van der Waals surface area contributed by atoms with Crippen molar-refractivity contribution in [2.75, 3.05) is 18.5 Å². The van der Waals surface area contributed by atoms with Crippen LogP contribution in [0.25, 0.3) is 0 Å². The third kappa shape index (κ3) is 5.35. The molecule has 0 atom stereocenters. The van der Waals surface area contributed by atoms with Gasteiger partial charge >= 0.3 is 0 Å². The highest BCUT2D eigenvalue weighted by molar-refractivity contribution is 6.41. The molecule has 0 fully saturated rings. The average molecular weight is 297 g/mol. The summed E-state index contributed by atoms with van der Waals surface area (Å²) in [5, 5.41) is 13.5. The zero-order valence-electron chi connectivity index (χ0n) is 9.48. The van der Waals surface area contributed by atoms with Gasteiger partial charge < -0.3 is 10.4 Å². The summed E-state index contributed by atoms with van der Waals surface area (Å²) in [6.45, 7) is 1.08. The Kier molecular flexibility index (Phi) is 7.05. The molecule has 0 aliphatic rings. The number of nitrogens with one attached hydrogen (secondary N) is 1. The van der Waals surface area contributed by atoms with Gasteiger partial charge in [0, 0.05) is 18.2 Å². The number of benzene rings is 1. The van der Waals surface area contributed by atoms with Crippen LogP contribution in [0.5, 0.6) is 0 Å². The lowest BCUT2D eigenvalue weighted by molar-refractivity contribution is 0.283. The van der Waals surface area contributed by atoms with Gasteiger partial charge in [0.25, 0.3) is 0 Å². The lowest BCUT2D eigenvalue weighted by Gasteiger charge is -2.10. The van der Waals surface area contributed by atoms with E-state index in [2.05, 4.69) is 5.32 Å². The first kappa shape index (κ1) is 14.9. The van der Waals surface area contributed by atoms with E-state index in [0.717, 1.165) is 37.9 Å². The number of hydrogen-bond acceptors (Lipinski definition) is 2. The zero-order valence-corrected chi connectivity index (χ0v) is 11.7. The third-order valence-corrected chi connectivity index (χ3v) is 3.21. The molecule has 0 bridgehead atoms. The molecule has 0 saturated heterocycles. The minimum atomic E-state index is 0.266. The van der Waals surface area contributed by atoms with Crippen molar-refractivity contribution in [1.29, 1.82) is 0 Å². The largest absolute Gasteiger partial charge is 0.396 e. The van der Waals surface area contributed by atoms with Crippen molar-refractivity contribution in [2.24, 2.45) is 0 Å². The van der Waals surface area contributed by atoms with Crippen LogP contribution in [0.4, 0.5) is 5.69 Å². The van der Waals surface area contributed by atoms with Crippen LogP contribution in [-0.4, -0.2) is 18.3 Å². The molecule has 2 nitrogen and oxygen atoms in total. The molecule has 0 radical (unpaired) electrons. The van der Waals surface area contributed by atoms with Gasteiger partial charge in [0.1, 0.15) is 0 Å². The summed E-state index contributed by atoms with van der Waals surface area (Å²) in [7, 11) is 0. The van der Waals surface area contributed by atoms with Gasteiger partial charge in [-0.3, -0.25) is 0 Å². The van der Waals surface area contributed by atoms with E-state index in [0.29, 0.717) is 15.1 Å². The van der Waals surface area contributed by atoms with Crippen molar-refractivity contribution in [1.82, 2.24) is 0 Å². The fourth-order valence-electron chi connectivity index (χ4n) is 1.51. The molecular formula is C12H16Cl3NO. The first-order chi connectivity index (χ1) is 8.15. The number of aliphatic hydroxyl groups is 1. The van der Waals surface area contributed by atoms with E-state index in [1.807, 2.05) is 0 Å². The molecule has 0 aliphatic heterocycles. The number of hydrogen-bond donors (Lipinski definition) is 2. The monoisotopic (exact) mass is 295 g/mol. The van der Waals surface area contributed by atoms with Crippen LogP contribution in [-0.2, 0) is 0 Å². The molecule has 0 heterocycles. The van der Waals surface area contributed by atoms with Gasteiger partial charge in [0.2, 0.25) is 0 Å². The Morgan fingerprint density at radius 1 is 0.941 bits per heavy atom. The van der Waals surface area contributed by atoms with Crippen molar-refractivity contribution in [3.63, 3.8) is 0 Å². The van der Waals surface area contributed by atoms with E-state index in [1.165, 1.54) is 0 Å². The van der Waals surface area contributed by atoms with Crippen LogP contribution >= 0.6 is 34.8 Å². The second-order valence-corrected chi connectivity index (χ2v) is 5.06. The zero-order chi connectivity index (χ0) is 12.7. The summed E-state index contributed by atoms with van der Waals surface area (Å²) < 4.78 is 0. The van der Waals surface area contributed by atoms with Gasteiger partial charge in [-0.25, -0.2) is 0 Å². The smallest absolute Gasteiger partial charge is 0.0720 e. The van der Waals surface area contributed by atoms with Gasteiger partial charge in [0.05, 0.1) is 15.7 Å². The summed E-state index contributed by atoms with van der Waals surface area (Å²) in [6.07, 6.45) is 4.01. The summed E-state index contributed by atoms with van der Waals surface area (Å²) >= 11 is 17.9. The van der Waals surface area contributed by atoms with Crippen molar-refractivity contribution in [3.05, 3.63) is 27.2 Å². The first-order valence-electron chi connectivity index (χ1n) is 5.64. The molecule has 0 saturated carbocycles. The van der Waals surface area contributed by atoms with Crippen LogP contribution in [0.2, 0.25) is 15.1 Å². The Morgan fingerprint density at radius 2 is 1.53 bits per heavy atom. The third-order valence-electron chi connectivity index (χ3n) is 2.39. The molecule has 0 amide bonds. The van der Waals surface area contributed by atoms with Crippen LogP contribution in [0.1, 0.15) is 25.7 Å². The Morgan fingerprint density at radius 3 is 2.12 bits per heavy atom. The maximum absolute atomic E-state index is 8.64. The van der Waals surface area contributed by atoms with E-state index in [9.17, 15) is 0 Å². The Hall–Kier alpha value is -0.150. The SMILES string of the molecule is OCCCCCCNc1c(Cl)cc(Cl)cc1Cl. The molecule has 0 spiro atoms. The van der Waals surface area contributed by atoms with Gasteiger partial charge in [0.15, 0.2) is 0 Å². The van der Waals surface area contributed by atoms with E-state index < -0.39 is 0 Å². The molecule has 1 aromatic rings. The summed E-state index contributed by atoms with van der Waals surface area (Å²) in [6, 6.07) is 3.34. The predicted molar refractivity (Wildman–Crippen MR) is 75.5 cm³/mol. The quantitative estimate of drug-likeness (QED) is 0.720. The van der Waals surface area contributed by atoms with Crippen molar-refractivity contribution < 1.29 is 5.11 Å². The Bertz CT molecular complexity index is 335. The van der Waals surface area contributed by atoms with E-state index in [4.69, 9.17) is 39.9 Å². The van der Waals surface area contributed by atoms with Gasteiger partial charge in [-0.15, -0.1) is 0 Å². The van der Waals surface area contributed by atoms with Crippen LogP contribution in [0, 0.1) is 0 Å². The normalized spacial score (nSPS) is 10.6. The topological polar surface area (TPSA) is 32.3 Å². The highest BCUT2D eigenvalue weighted by Crippen LogP contribution is 2.33. The second-order valence-electron chi connectivity index (χ2n) is 3.81. The van der Waals surface area contributed by atoms with Crippen LogP contribution in [0.15, 0.2) is 12.1 Å². The number of anilines is 1. The molecule has 0 aromatic heterocycles. The molecule has 5 heteroatoms. The highest BCUT2D eigenvalue weighted by atomic mass is 35.5. The molecule has 96 valence electrons. The lowest BCUT2D eigenvalue weighted by atomic mass is 10.2. The van der Waals surface area contributed by atoms with Crippen molar-refractivity contribution >= 4 is 40.5 Å². The number of rotatable bonds is 7. The highest BCUT2D eigenvalue weighted by Gasteiger charge is 2.06. The summed E-state index contributed by atoms with van der Waals surface area (Å²) in [5.41, 5.74) is 0.736. The first-order valence-corrected chi connectivity index (χ1v) is 6.78. The van der Waals surface area contributed by atoms with Gasteiger partial charge in [-0.1, -0.05) is 47.6 Å². The maximum atomic E-state index is 8.64. The second kappa shape index (κ2) is 8.04. The van der Waals surface area contributed by atoms with Crippen molar-refractivity contribution in [3.8, 4) is 0 Å². The Balaban J connectivity index is 2.36. The average Bonchev–Trinajstić information content (AvgIpc) is 2.26. The van der Waals surface area contributed by atoms with Crippen LogP contribution in [0.3, 0.4) is 0 Å². The lowest BCUT2D eigenvalue weighted by Crippen LogP contribution is -2.02. The van der Waals surface area contributed by atoms with Crippen LogP contribution < -0.4 is 5.32 Å². The Labute approximate surface area is 117 Å². The number of halogens is 3. The fourth-order valence-corrected chi connectivity index (χ4v) is 2.47. The molecule has 0 aliphatic carbocycles. The summed E-state index contributed by atoms with van der Waals surface area (Å²) in [4.78, 5) is 0. The minimum absolute atomic E-state index is 0.266. The predicted octanol–water partition coefficient (Wildman–Crippen LogP) is 4.61. The molecule has 1 rings (SSSR count). The molecule has 1 aromatic carbocycles. The van der Waals surface area contributed by atoms with E-state index >= 15 is 0 Å². The maximum Gasteiger partial charge on any atom is 0.0720 e. The molecule has 0 unspecified atom stereocenters. The fraction of sp³-hybridized carbons (Fsp3) is 0.500.